The zero-order valence-electron chi connectivity index (χ0n) is 19.2. The molecule has 0 bridgehead atoms. The van der Waals surface area contributed by atoms with E-state index in [0.717, 1.165) is 25.4 Å². The van der Waals surface area contributed by atoms with E-state index < -0.39 is 5.60 Å². The van der Waals surface area contributed by atoms with E-state index in [0.29, 0.717) is 25.5 Å². The van der Waals surface area contributed by atoms with Crippen LogP contribution >= 0.6 is 0 Å². The first-order valence-electron chi connectivity index (χ1n) is 11.6. The molecule has 0 radical (unpaired) electrons. The van der Waals surface area contributed by atoms with E-state index >= 15 is 0 Å². The molecule has 168 valence electrons. The third-order valence-electron chi connectivity index (χ3n) is 6.00. The lowest BCUT2D eigenvalue weighted by atomic mass is 9.90. The second-order valence-corrected chi connectivity index (χ2v) is 9.83. The fraction of sp³-hybridized carbons (Fsp3) is 0.720. The van der Waals surface area contributed by atoms with Gasteiger partial charge >= 0.3 is 5.97 Å². The van der Waals surface area contributed by atoms with Crippen LogP contribution < -0.4 is 4.74 Å². The Morgan fingerprint density at radius 1 is 1.20 bits per heavy atom. The second-order valence-electron chi connectivity index (χ2n) is 9.83. The maximum atomic E-state index is 12.0. The van der Waals surface area contributed by atoms with Crippen molar-refractivity contribution in [2.24, 2.45) is 5.92 Å². The van der Waals surface area contributed by atoms with Crippen molar-refractivity contribution in [2.75, 3.05) is 32.8 Å². The highest BCUT2D eigenvalue weighted by atomic mass is 16.6. The highest BCUT2D eigenvalue weighted by Crippen LogP contribution is 2.29. The van der Waals surface area contributed by atoms with E-state index in [-0.39, 0.29) is 12.1 Å². The summed E-state index contributed by atoms with van der Waals surface area (Å²) in [6, 6.07) is 6.36. The Morgan fingerprint density at radius 3 is 2.67 bits per heavy atom. The number of hydrogen-bond donors (Lipinski definition) is 0. The van der Waals surface area contributed by atoms with Crippen LogP contribution in [0.5, 0.6) is 5.75 Å². The minimum absolute atomic E-state index is 0.0322. The maximum Gasteiger partial charge on any atom is 0.307 e. The number of morpholine rings is 1. The largest absolute Gasteiger partial charge is 0.493 e. The Balaban J connectivity index is 1.50. The first-order chi connectivity index (χ1) is 14.3. The van der Waals surface area contributed by atoms with E-state index in [1.807, 2.05) is 20.8 Å². The lowest BCUT2D eigenvalue weighted by molar-refractivity contribution is -0.155. The van der Waals surface area contributed by atoms with Crippen molar-refractivity contribution in [2.45, 2.75) is 77.9 Å². The van der Waals surface area contributed by atoms with Crippen LogP contribution in [0.1, 0.15) is 76.5 Å². The molecule has 2 aliphatic rings. The van der Waals surface area contributed by atoms with Crippen LogP contribution in [0.4, 0.5) is 0 Å². The first kappa shape index (κ1) is 23.1. The normalized spacial score (nSPS) is 21.4. The Morgan fingerprint density at radius 2 is 1.97 bits per heavy atom. The Hall–Kier alpha value is -1.59. The number of hydrogen-bond acceptors (Lipinski definition) is 5. The molecule has 1 saturated heterocycles. The topological polar surface area (TPSA) is 48.0 Å². The summed E-state index contributed by atoms with van der Waals surface area (Å²) >= 11 is 0. The smallest absolute Gasteiger partial charge is 0.307 e. The summed E-state index contributed by atoms with van der Waals surface area (Å²) in [5, 5.41) is 0. The lowest BCUT2D eigenvalue weighted by Gasteiger charge is -2.34. The highest BCUT2D eigenvalue weighted by molar-refractivity contribution is 5.70. The minimum atomic E-state index is -0.428. The van der Waals surface area contributed by atoms with E-state index in [2.05, 4.69) is 30.0 Å². The van der Waals surface area contributed by atoms with Gasteiger partial charge in [-0.3, -0.25) is 9.69 Å². The molecule has 1 atom stereocenters. The molecule has 1 saturated carbocycles. The standard InChI is InChI=1S/C25H39NO4/c1-19-16-21(29-18-20-8-6-5-7-9-20)10-11-22(19)23-17-26(14-15-28-23)13-12-24(27)30-25(2,3)4/h10-11,16,20,23H,5-9,12-15,17-18H2,1-4H3. The molecule has 5 nitrogen and oxygen atoms in total. The maximum absolute atomic E-state index is 12.0. The SMILES string of the molecule is Cc1cc(OCC2CCCCC2)ccc1C1CN(CCC(=O)OC(C)(C)C)CCO1. The molecule has 1 aliphatic heterocycles. The van der Waals surface area contributed by atoms with Gasteiger partial charge < -0.3 is 14.2 Å². The molecule has 1 aliphatic carbocycles. The predicted octanol–water partition coefficient (Wildman–Crippen LogP) is 5.06. The van der Waals surface area contributed by atoms with Crippen molar-refractivity contribution in [1.82, 2.24) is 4.90 Å². The van der Waals surface area contributed by atoms with Gasteiger partial charge in [0.25, 0.3) is 0 Å². The van der Waals surface area contributed by atoms with Gasteiger partial charge in [0.2, 0.25) is 0 Å². The summed E-state index contributed by atoms with van der Waals surface area (Å²) in [4.78, 5) is 14.3. The predicted molar refractivity (Wildman–Crippen MR) is 119 cm³/mol. The van der Waals surface area contributed by atoms with Crippen LogP contribution in [0, 0.1) is 12.8 Å². The van der Waals surface area contributed by atoms with Crippen molar-refractivity contribution in [3.05, 3.63) is 29.3 Å². The third-order valence-corrected chi connectivity index (χ3v) is 6.00. The van der Waals surface area contributed by atoms with E-state index in [1.165, 1.54) is 43.2 Å². The van der Waals surface area contributed by atoms with E-state index in [1.54, 1.807) is 0 Å². The monoisotopic (exact) mass is 417 g/mol. The summed E-state index contributed by atoms with van der Waals surface area (Å²) in [6.07, 6.45) is 7.10. The molecule has 0 aromatic heterocycles. The highest BCUT2D eigenvalue weighted by Gasteiger charge is 2.25. The third kappa shape index (κ3) is 7.28. The lowest BCUT2D eigenvalue weighted by Crippen LogP contribution is -2.40. The molecular formula is C25H39NO4. The molecular weight excluding hydrogens is 378 g/mol. The fourth-order valence-corrected chi connectivity index (χ4v) is 4.40. The Bertz CT molecular complexity index is 691. The second kappa shape index (κ2) is 10.6. The van der Waals surface area contributed by atoms with Crippen LogP contribution in [-0.2, 0) is 14.3 Å². The van der Waals surface area contributed by atoms with Crippen molar-refractivity contribution in [3.8, 4) is 5.75 Å². The average molecular weight is 418 g/mol. The van der Waals surface area contributed by atoms with Crippen LogP contribution in [-0.4, -0.2) is 49.3 Å². The average Bonchev–Trinajstić information content (AvgIpc) is 2.70. The molecule has 1 unspecified atom stereocenters. The van der Waals surface area contributed by atoms with Gasteiger partial charge in [0.1, 0.15) is 11.4 Å². The van der Waals surface area contributed by atoms with E-state index in [9.17, 15) is 4.79 Å². The molecule has 30 heavy (non-hydrogen) atoms. The van der Waals surface area contributed by atoms with Gasteiger partial charge in [-0.25, -0.2) is 0 Å². The number of aryl methyl sites for hydroxylation is 1. The summed E-state index contributed by atoms with van der Waals surface area (Å²) in [5.41, 5.74) is 1.99. The molecule has 0 spiro atoms. The van der Waals surface area contributed by atoms with Crippen LogP contribution in [0.15, 0.2) is 18.2 Å². The van der Waals surface area contributed by atoms with Crippen LogP contribution in [0.3, 0.4) is 0 Å². The fourth-order valence-electron chi connectivity index (χ4n) is 4.40. The minimum Gasteiger partial charge on any atom is -0.493 e. The van der Waals surface area contributed by atoms with Gasteiger partial charge in [-0.15, -0.1) is 0 Å². The molecule has 1 aromatic rings. The first-order valence-corrected chi connectivity index (χ1v) is 11.6. The number of rotatable bonds is 7. The molecule has 0 amide bonds. The number of nitrogens with zero attached hydrogens (tertiary/aromatic N) is 1. The van der Waals surface area contributed by atoms with Crippen molar-refractivity contribution in [3.63, 3.8) is 0 Å². The number of carbonyl (C=O) groups is 1. The molecule has 0 N–H and O–H groups in total. The zero-order chi connectivity index (χ0) is 21.6. The zero-order valence-corrected chi connectivity index (χ0v) is 19.2. The summed E-state index contributed by atoms with van der Waals surface area (Å²) < 4.78 is 17.6. The van der Waals surface area contributed by atoms with Gasteiger partial charge in [-0.1, -0.05) is 25.3 Å². The number of benzene rings is 1. The van der Waals surface area contributed by atoms with Gasteiger partial charge in [-0.2, -0.15) is 0 Å². The summed E-state index contributed by atoms with van der Waals surface area (Å²) in [5.74, 6) is 1.53. The van der Waals surface area contributed by atoms with Crippen molar-refractivity contribution in [1.29, 1.82) is 0 Å². The number of esters is 1. The number of ether oxygens (including phenoxy) is 3. The molecule has 5 heteroatoms. The Labute approximate surface area is 182 Å². The Kier molecular flexibility index (Phi) is 8.18. The molecule has 2 fully saturated rings. The quantitative estimate of drug-likeness (QED) is 0.581. The molecule has 1 heterocycles. The molecule has 1 aromatic carbocycles. The van der Waals surface area contributed by atoms with Crippen LogP contribution in [0.2, 0.25) is 0 Å². The van der Waals surface area contributed by atoms with E-state index in [4.69, 9.17) is 14.2 Å². The summed E-state index contributed by atoms with van der Waals surface area (Å²) in [7, 11) is 0. The van der Waals surface area contributed by atoms with Gasteiger partial charge in [0.15, 0.2) is 0 Å². The van der Waals surface area contributed by atoms with Crippen molar-refractivity contribution >= 4 is 5.97 Å². The number of carbonyl (C=O) groups excluding carboxylic acids is 1. The summed E-state index contributed by atoms with van der Waals surface area (Å²) in [6.45, 7) is 11.7. The molecule has 3 rings (SSSR count). The van der Waals surface area contributed by atoms with Crippen molar-refractivity contribution < 1.29 is 19.0 Å². The van der Waals surface area contributed by atoms with Crippen LogP contribution in [0.25, 0.3) is 0 Å². The van der Waals surface area contributed by atoms with Gasteiger partial charge in [-0.05, 0) is 69.7 Å². The van der Waals surface area contributed by atoms with Gasteiger partial charge in [0, 0.05) is 19.6 Å². The van der Waals surface area contributed by atoms with Gasteiger partial charge in [0.05, 0.1) is 25.7 Å².